The zero-order valence-electron chi connectivity index (χ0n) is 16.9. The van der Waals surface area contributed by atoms with Crippen molar-refractivity contribution in [3.8, 4) is 0 Å². The van der Waals surface area contributed by atoms with Gasteiger partial charge in [0.15, 0.2) is 0 Å². The van der Waals surface area contributed by atoms with Gasteiger partial charge in [-0.1, -0.05) is 31.2 Å². The summed E-state index contributed by atoms with van der Waals surface area (Å²) >= 11 is 3.33. The summed E-state index contributed by atoms with van der Waals surface area (Å²) in [4.78, 5) is 19.7. The highest BCUT2D eigenvalue weighted by atomic mass is 32.1. The minimum atomic E-state index is -0.0973. The van der Waals surface area contributed by atoms with Crippen LogP contribution in [0, 0.1) is 6.92 Å². The number of benzene rings is 1. The number of hydrogen-bond acceptors (Lipinski definition) is 5. The summed E-state index contributed by atoms with van der Waals surface area (Å²) in [5.74, 6) is 0.720. The Balaban J connectivity index is 1.71. The lowest BCUT2D eigenvalue weighted by Crippen LogP contribution is -2.16. The number of amides is 1. The van der Waals surface area contributed by atoms with Gasteiger partial charge in [0, 0.05) is 27.1 Å². The molecule has 30 heavy (non-hydrogen) atoms. The highest BCUT2D eigenvalue weighted by Crippen LogP contribution is 2.39. The minimum absolute atomic E-state index is 0.0954. The molecule has 0 aliphatic carbocycles. The van der Waals surface area contributed by atoms with Crippen molar-refractivity contribution in [2.75, 3.05) is 10.6 Å². The highest BCUT2D eigenvalue weighted by molar-refractivity contribution is 7.16. The van der Waals surface area contributed by atoms with Crippen molar-refractivity contribution in [3.05, 3.63) is 98.7 Å². The van der Waals surface area contributed by atoms with Gasteiger partial charge in [-0.2, -0.15) is 0 Å². The number of carbonyl (C=O) groups is 1. The number of pyridine rings is 1. The SMILES string of the molecule is CCc1cc(C(Nc2cc(C)ccn2)c2cccs2)c(NC(=O)c2ccccc2)s1. The van der Waals surface area contributed by atoms with Gasteiger partial charge in [-0.15, -0.1) is 22.7 Å². The van der Waals surface area contributed by atoms with Gasteiger partial charge < -0.3 is 10.6 Å². The van der Waals surface area contributed by atoms with Crippen LogP contribution in [-0.4, -0.2) is 10.9 Å². The number of hydrogen-bond donors (Lipinski definition) is 2. The van der Waals surface area contributed by atoms with E-state index in [1.54, 1.807) is 22.7 Å². The first-order valence-electron chi connectivity index (χ1n) is 9.85. The van der Waals surface area contributed by atoms with Crippen LogP contribution in [0.3, 0.4) is 0 Å². The van der Waals surface area contributed by atoms with E-state index in [1.165, 1.54) is 9.75 Å². The number of rotatable bonds is 7. The summed E-state index contributed by atoms with van der Waals surface area (Å²) in [6.07, 6.45) is 2.73. The van der Waals surface area contributed by atoms with Gasteiger partial charge in [0.25, 0.3) is 5.91 Å². The Hall–Kier alpha value is -2.96. The van der Waals surface area contributed by atoms with Crippen molar-refractivity contribution in [2.45, 2.75) is 26.3 Å². The maximum absolute atomic E-state index is 12.8. The molecule has 1 amide bonds. The molecule has 0 bridgehead atoms. The number of carbonyl (C=O) groups excluding carboxylic acids is 1. The average Bonchev–Trinajstić information content (AvgIpc) is 3.43. The number of thiophene rings is 2. The molecule has 3 heterocycles. The van der Waals surface area contributed by atoms with E-state index in [0.717, 1.165) is 28.4 Å². The Kier molecular flexibility index (Phi) is 6.26. The third-order valence-electron chi connectivity index (χ3n) is 4.77. The predicted octanol–water partition coefficient (Wildman–Crippen LogP) is 6.53. The van der Waals surface area contributed by atoms with Crippen molar-refractivity contribution in [1.29, 1.82) is 0 Å². The molecule has 1 unspecified atom stereocenters. The van der Waals surface area contributed by atoms with Crippen LogP contribution in [0.5, 0.6) is 0 Å². The van der Waals surface area contributed by atoms with Gasteiger partial charge in [0.05, 0.1) is 6.04 Å². The van der Waals surface area contributed by atoms with Gasteiger partial charge >= 0.3 is 0 Å². The molecule has 4 rings (SSSR count). The van der Waals surface area contributed by atoms with E-state index < -0.39 is 0 Å². The fourth-order valence-corrected chi connectivity index (χ4v) is 5.05. The van der Waals surface area contributed by atoms with Gasteiger partial charge in [-0.3, -0.25) is 4.79 Å². The summed E-state index contributed by atoms with van der Waals surface area (Å²) in [6, 6.07) is 19.6. The Morgan fingerprint density at radius 3 is 2.63 bits per heavy atom. The topological polar surface area (TPSA) is 54.0 Å². The summed E-state index contributed by atoms with van der Waals surface area (Å²) in [6.45, 7) is 4.19. The van der Waals surface area contributed by atoms with Gasteiger partial charge in [0.2, 0.25) is 0 Å². The Morgan fingerprint density at radius 2 is 1.93 bits per heavy atom. The van der Waals surface area contributed by atoms with Gasteiger partial charge in [0.1, 0.15) is 10.8 Å². The van der Waals surface area contributed by atoms with Crippen LogP contribution in [0.2, 0.25) is 0 Å². The molecule has 1 aromatic carbocycles. The summed E-state index contributed by atoms with van der Waals surface area (Å²) < 4.78 is 0. The number of nitrogens with zero attached hydrogens (tertiary/aromatic N) is 1. The van der Waals surface area contributed by atoms with Gasteiger partial charge in [-0.05, 0) is 60.7 Å². The molecule has 0 radical (unpaired) electrons. The summed E-state index contributed by atoms with van der Waals surface area (Å²) in [7, 11) is 0. The first-order valence-corrected chi connectivity index (χ1v) is 11.5. The molecule has 0 saturated carbocycles. The monoisotopic (exact) mass is 433 g/mol. The molecule has 1 atom stereocenters. The lowest BCUT2D eigenvalue weighted by Gasteiger charge is -2.19. The molecule has 2 N–H and O–H groups in total. The van der Waals surface area contributed by atoms with Crippen molar-refractivity contribution >= 4 is 39.4 Å². The minimum Gasteiger partial charge on any atom is -0.358 e. The van der Waals surface area contributed by atoms with Crippen molar-refractivity contribution in [2.24, 2.45) is 0 Å². The van der Waals surface area contributed by atoms with E-state index in [4.69, 9.17) is 0 Å². The maximum atomic E-state index is 12.8. The first-order chi connectivity index (χ1) is 14.6. The van der Waals surface area contributed by atoms with Crippen LogP contribution in [0.15, 0.2) is 72.2 Å². The molecule has 0 fully saturated rings. The lowest BCUT2D eigenvalue weighted by atomic mass is 10.1. The molecule has 0 aliphatic heterocycles. The maximum Gasteiger partial charge on any atom is 0.256 e. The normalized spacial score (nSPS) is 11.8. The first kappa shape index (κ1) is 20.3. The number of aryl methyl sites for hydroxylation is 2. The zero-order chi connectivity index (χ0) is 20.9. The molecule has 4 nitrogen and oxygen atoms in total. The zero-order valence-corrected chi connectivity index (χ0v) is 18.5. The van der Waals surface area contributed by atoms with Crippen LogP contribution in [0.4, 0.5) is 10.8 Å². The summed E-state index contributed by atoms with van der Waals surface area (Å²) in [5.41, 5.74) is 2.86. The van der Waals surface area contributed by atoms with Crippen molar-refractivity contribution in [3.63, 3.8) is 0 Å². The molecule has 0 aliphatic rings. The third kappa shape index (κ3) is 4.61. The van der Waals surface area contributed by atoms with E-state index in [1.807, 2.05) is 54.7 Å². The molecule has 3 aromatic heterocycles. The second kappa shape index (κ2) is 9.24. The molecule has 0 saturated heterocycles. The van der Waals surface area contributed by atoms with E-state index in [0.29, 0.717) is 5.56 Å². The number of aromatic nitrogens is 1. The van der Waals surface area contributed by atoms with E-state index >= 15 is 0 Å². The lowest BCUT2D eigenvalue weighted by molar-refractivity contribution is 0.102. The Labute approximate surface area is 184 Å². The second-order valence-corrected chi connectivity index (χ2v) is 9.10. The largest absolute Gasteiger partial charge is 0.358 e. The van der Waals surface area contributed by atoms with Crippen LogP contribution in [-0.2, 0) is 6.42 Å². The molecule has 0 spiro atoms. The number of anilines is 2. The van der Waals surface area contributed by atoms with Crippen LogP contribution < -0.4 is 10.6 Å². The van der Waals surface area contributed by atoms with Crippen molar-refractivity contribution in [1.82, 2.24) is 4.98 Å². The van der Waals surface area contributed by atoms with Crippen LogP contribution >= 0.6 is 22.7 Å². The molecule has 152 valence electrons. The summed E-state index contributed by atoms with van der Waals surface area (Å²) in [5, 5.41) is 9.68. The Bertz CT molecular complexity index is 1120. The van der Waals surface area contributed by atoms with Crippen molar-refractivity contribution < 1.29 is 4.79 Å². The standard InChI is InChI=1S/C24H23N3OS2/c1-3-18-15-19(24(30-18)27-23(28)17-8-5-4-6-9-17)22(20-10-7-13-29-20)26-21-14-16(2)11-12-25-21/h4-15,22H,3H2,1-2H3,(H,25,26)(H,27,28). The predicted molar refractivity (Wildman–Crippen MR) is 127 cm³/mol. The third-order valence-corrected chi connectivity index (χ3v) is 6.92. The average molecular weight is 434 g/mol. The van der Waals surface area contributed by atoms with E-state index in [2.05, 4.69) is 47.0 Å². The second-order valence-electron chi connectivity index (χ2n) is 6.98. The quantitative estimate of drug-likeness (QED) is 0.348. The molecular formula is C24H23N3OS2. The van der Waals surface area contributed by atoms with E-state index in [9.17, 15) is 4.79 Å². The molecule has 6 heteroatoms. The molecule has 4 aromatic rings. The Morgan fingerprint density at radius 1 is 1.10 bits per heavy atom. The van der Waals surface area contributed by atoms with Crippen LogP contribution in [0.1, 0.15) is 44.2 Å². The number of nitrogens with one attached hydrogen (secondary N) is 2. The fourth-order valence-electron chi connectivity index (χ4n) is 3.23. The smallest absolute Gasteiger partial charge is 0.256 e. The molecular weight excluding hydrogens is 410 g/mol. The van der Waals surface area contributed by atoms with E-state index in [-0.39, 0.29) is 11.9 Å². The highest BCUT2D eigenvalue weighted by Gasteiger charge is 2.23. The van der Waals surface area contributed by atoms with Gasteiger partial charge in [-0.25, -0.2) is 4.98 Å². The van der Waals surface area contributed by atoms with Crippen LogP contribution in [0.25, 0.3) is 0 Å². The fraction of sp³-hybridized carbons (Fsp3) is 0.167.